The number of anilines is 1. The number of nitrogens with one attached hydrogen (secondary N) is 2. The summed E-state index contributed by atoms with van der Waals surface area (Å²) in [6, 6.07) is 6.17. The summed E-state index contributed by atoms with van der Waals surface area (Å²) in [4.78, 5) is 2.51. The van der Waals surface area contributed by atoms with Crippen molar-refractivity contribution >= 4 is 50.5 Å². The zero-order valence-electron chi connectivity index (χ0n) is 12.2. The van der Waals surface area contributed by atoms with Gasteiger partial charge in [-0.15, -0.1) is 0 Å². The summed E-state index contributed by atoms with van der Waals surface area (Å²) in [7, 11) is 0. The summed E-state index contributed by atoms with van der Waals surface area (Å²) < 4.78 is 0.959. The van der Waals surface area contributed by atoms with E-state index in [1.807, 2.05) is 18.2 Å². The molecule has 0 spiro atoms. The third-order valence-corrected chi connectivity index (χ3v) is 4.67. The molecule has 0 aliphatic carbocycles. The van der Waals surface area contributed by atoms with Gasteiger partial charge in [-0.2, -0.15) is 0 Å². The number of hydrogen-bond acceptors (Lipinski definition) is 2. The van der Waals surface area contributed by atoms with Crippen molar-refractivity contribution in [3.05, 3.63) is 27.7 Å². The van der Waals surface area contributed by atoms with Crippen molar-refractivity contribution in [1.29, 1.82) is 0 Å². The van der Waals surface area contributed by atoms with E-state index in [1.165, 1.54) is 13.0 Å². The molecule has 1 heterocycles. The number of hydrogen-bond donors (Lipinski definition) is 2. The van der Waals surface area contributed by atoms with E-state index >= 15 is 0 Å². The molecule has 0 amide bonds. The quantitative estimate of drug-likeness (QED) is 0.751. The molecular weight excluding hydrogens is 370 g/mol. The number of piperidine rings is 1. The van der Waals surface area contributed by atoms with Crippen LogP contribution in [0.15, 0.2) is 22.7 Å². The van der Waals surface area contributed by atoms with E-state index in [2.05, 4.69) is 38.4 Å². The van der Waals surface area contributed by atoms with Gasteiger partial charge in [-0.1, -0.05) is 34.5 Å². The Labute approximate surface area is 145 Å². The Kier molecular flexibility index (Phi) is 6.74. The topological polar surface area (TPSA) is 27.3 Å². The Morgan fingerprint density at radius 1 is 1.43 bits per heavy atom. The summed E-state index contributed by atoms with van der Waals surface area (Å²) in [5.74, 6) is 0. The van der Waals surface area contributed by atoms with Crippen LogP contribution in [-0.2, 0) is 0 Å². The first kappa shape index (κ1) is 17.0. The molecule has 6 heteroatoms. The van der Waals surface area contributed by atoms with Crippen LogP contribution in [0.1, 0.15) is 26.2 Å². The van der Waals surface area contributed by atoms with Crippen LogP contribution in [0, 0.1) is 0 Å². The third-order valence-electron chi connectivity index (χ3n) is 3.64. The van der Waals surface area contributed by atoms with Gasteiger partial charge in [0.1, 0.15) is 0 Å². The fourth-order valence-electron chi connectivity index (χ4n) is 2.55. The van der Waals surface area contributed by atoms with Crippen molar-refractivity contribution in [3.63, 3.8) is 0 Å². The molecule has 0 saturated carbocycles. The van der Waals surface area contributed by atoms with E-state index in [1.54, 1.807) is 0 Å². The lowest BCUT2D eigenvalue weighted by atomic mass is 10.1. The molecule has 3 nitrogen and oxygen atoms in total. The van der Waals surface area contributed by atoms with Crippen molar-refractivity contribution in [2.45, 2.75) is 32.2 Å². The van der Waals surface area contributed by atoms with Crippen molar-refractivity contribution in [3.8, 4) is 0 Å². The monoisotopic (exact) mass is 389 g/mol. The zero-order valence-corrected chi connectivity index (χ0v) is 15.3. The standard InChI is InChI=1S/C15H21BrClN3S/c1-2-7-20-8-5-12(6-9-20)18-15(21)19-14-4-3-11(16)10-13(14)17/h3-4,10,12H,2,5-9H2,1H3,(H2,18,19,21). The second-order valence-electron chi connectivity index (χ2n) is 5.34. The summed E-state index contributed by atoms with van der Waals surface area (Å²) in [5, 5.41) is 7.88. The van der Waals surface area contributed by atoms with Crippen LogP contribution in [0.25, 0.3) is 0 Å². The molecule has 0 unspecified atom stereocenters. The molecule has 1 aromatic carbocycles. The highest BCUT2D eigenvalue weighted by atomic mass is 79.9. The first-order valence-corrected chi connectivity index (χ1v) is 8.91. The van der Waals surface area contributed by atoms with E-state index in [9.17, 15) is 0 Å². The molecule has 0 aromatic heterocycles. The molecule has 0 bridgehead atoms. The molecule has 116 valence electrons. The zero-order chi connectivity index (χ0) is 15.2. The second kappa shape index (κ2) is 8.32. The van der Waals surface area contributed by atoms with Crippen molar-refractivity contribution in [2.75, 3.05) is 25.0 Å². The van der Waals surface area contributed by atoms with Gasteiger partial charge in [0, 0.05) is 23.6 Å². The summed E-state index contributed by atoms with van der Waals surface area (Å²) >= 11 is 15.0. The van der Waals surface area contributed by atoms with E-state index in [0.29, 0.717) is 16.2 Å². The molecule has 1 aliphatic rings. The second-order valence-corrected chi connectivity index (χ2v) is 7.07. The van der Waals surface area contributed by atoms with Crippen LogP contribution >= 0.6 is 39.7 Å². The first-order chi connectivity index (χ1) is 10.1. The van der Waals surface area contributed by atoms with Gasteiger partial charge in [0.05, 0.1) is 10.7 Å². The number of halogens is 2. The average molecular weight is 391 g/mol. The maximum absolute atomic E-state index is 6.18. The lowest BCUT2D eigenvalue weighted by Crippen LogP contribution is -2.46. The Hall–Kier alpha value is -0.360. The van der Waals surface area contributed by atoms with Crippen LogP contribution in [0.5, 0.6) is 0 Å². The molecule has 1 aromatic rings. The van der Waals surface area contributed by atoms with Gasteiger partial charge in [-0.25, -0.2) is 0 Å². The number of nitrogens with zero attached hydrogens (tertiary/aromatic N) is 1. The number of likely N-dealkylation sites (tertiary alicyclic amines) is 1. The average Bonchev–Trinajstić information content (AvgIpc) is 2.44. The number of rotatable bonds is 4. The maximum Gasteiger partial charge on any atom is 0.171 e. The number of thiocarbonyl (C=S) groups is 1. The molecule has 1 aliphatic heterocycles. The smallest absolute Gasteiger partial charge is 0.171 e. The minimum Gasteiger partial charge on any atom is -0.360 e. The Morgan fingerprint density at radius 3 is 2.76 bits per heavy atom. The highest BCUT2D eigenvalue weighted by Gasteiger charge is 2.19. The van der Waals surface area contributed by atoms with Crippen LogP contribution in [-0.4, -0.2) is 35.7 Å². The van der Waals surface area contributed by atoms with Crippen LogP contribution in [0.4, 0.5) is 5.69 Å². The maximum atomic E-state index is 6.18. The fraction of sp³-hybridized carbons (Fsp3) is 0.533. The highest BCUT2D eigenvalue weighted by Crippen LogP contribution is 2.25. The van der Waals surface area contributed by atoms with Crippen molar-refractivity contribution < 1.29 is 0 Å². The minimum atomic E-state index is 0.451. The normalized spacial score (nSPS) is 16.7. The highest BCUT2D eigenvalue weighted by molar-refractivity contribution is 9.10. The Balaban J connectivity index is 1.80. The predicted molar refractivity (Wildman–Crippen MR) is 98.3 cm³/mol. The summed E-state index contributed by atoms with van der Waals surface area (Å²) in [6.45, 7) is 5.72. The lowest BCUT2D eigenvalue weighted by molar-refractivity contribution is 0.207. The SMILES string of the molecule is CCCN1CCC(NC(=S)Nc2ccc(Br)cc2Cl)CC1. The Morgan fingerprint density at radius 2 is 2.14 bits per heavy atom. The van der Waals surface area contributed by atoms with Gasteiger partial charge in [0.15, 0.2) is 5.11 Å². The summed E-state index contributed by atoms with van der Waals surface area (Å²) in [5.41, 5.74) is 0.834. The summed E-state index contributed by atoms with van der Waals surface area (Å²) in [6.07, 6.45) is 3.49. The molecule has 1 fully saturated rings. The molecule has 2 N–H and O–H groups in total. The number of benzene rings is 1. The van der Waals surface area contributed by atoms with Gasteiger partial charge >= 0.3 is 0 Å². The molecule has 21 heavy (non-hydrogen) atoms. The molecule has 0 radical (unpaired) electrons. The van der Waals surface area contributed by atoms with Gasteiger partial charge in [-0.05, 0) is 56.2 Å². The van der Waals surface area contributed by atoms with Gasteiger partial charge in [0.25, 0.3) is 0 Å². The van der Waals surface area contributed by atoms with E-state index < -0.39 is 0 Å². The van der Waals surface area contributed by atoms with Crippen molar-refractivity contribution in [2.24, 2.45) is 0 Å². The van der Waals surface area contributed by atoms with Gasteiger partial charge in [0.2, 0.25) is 0 Å². The van der Waals surface area contributed by atoms with E-state index in [4.69, 9.17) is 23.8 Å². The van der Waals surface area contributed by atoms with Crippen molar-refractivity contribution in [1.82, 2.24) is 10.2 Å². The molecule has 2 rings (SSSR count). The van der Waals surface area contributed by atoms with Gasteiger partial charge in [-0.3, -0.25) is 0 Å². The third kappa shape index (κ3) is 5.40. The van der Waals surface area contributed by atoms with Crippen LogP contribution in [0.3, 0.4) is 0 Å². The predicted octanol–water partition coefficient (Wildman–Crippen LogP) is 4.26. The minimum absolute atomic E-state index is 0.451. The van der Waals surface area contributed by atoms with Gasteiger partial charge < -0.3 is 15.5 Å². The van der Waals surface area contributed by atoms with Crippen LogP contribution < -0.4 is 10.6 Å². The molecule has 0 atom stereocenters. The fourth-order valence-corrected chi connectivity index (χ4v) is 3.55. The molecule has 1 saturated heterocycles. The largest absolute Gasteiger partial charge is 0.360 e. The first-order valence-electron chi connectivity index (χ1n) is 7.33. The van der Waals surface area contributed by atoms with E-state index in [0.717, 1.165) is 36.1 Å². The van der Waals surface area contributed by atoms with E-state index in [-0.39, 0.29) is 0 Å². The molecular formula is C15H21BrClN3S. The van der Waals surface area contributed by atoms with Crippen LogP contribution in [0.2, 0.25) is 5.02 Å². The Bertz CT molecular complexity index is 490. The lowest BCUT2D eigenvalue weighted by Gasteiger charge is -2.32.